The van der Waals surface area contributed by atoms with Crippen molar-refractivity contribution in [3.05, 3.63) is 0 Å². The number of fused-ring (bicyclic) bond motifs is 6. The van der Waals surface area contributed by atoms with Gasteiger partial charge in [-0.15, -0.1) is 0 Å². The molecule has 3 aliphatic heterocycles. The molecule has 0 spiro atoms. The maximum Gasteiger partial charge on any atom is 0.317 e. The van der Waals surface area contributed by atoms with Gasteiger partial charge in [0.15, 0.2) is 0 Å². The van der Waals surface area contributed by atoms with Crippen LogP contribution in [-0.2, 0) is 62.2 Å². The van der Waals surface area contributed by atoms with Gasteiger partial charge in [0, 0.05) is 13.0 Å². The molecule has 328 valence electrons. The molecule has 9 fully saturated rings. The molecule has 22 unspecified atom stereocenters. The fourth-order valence-electron chi connectivity index (χ4n) is 16.0. The highest BCUT2D eigenvalue weighted by Crippen LogP contribution is 2.69. The summed E-state index contributed by atoms with van der Waals surface area (Å²) in [5.41, 5.74) is -0.829. The van der Waals surface area contributed by atoms with Crippen molar-refractivity contribution in [2.24, 2.45) is 124 Å². The molecule has 6 aliphatic carbocycles. The summed E-state index contributed by atoms with van der Waals surface area (Å²) in [4.78, 5) is 115. The summed E-state index contributed by atoms with van der Waals surface area (Å²) in [6, 6.07) is 0. The van der Waals surface area contributed by atoms with E-state index in [0.29, 0.717) is 32.1 Å². The number of esters is 7. The van der Waals surface area contributed by atoms with Crippen molar-refractivity contribution in [3.8, 4) is 0 Å². The number of hydrogen-bond acceptors (Lipinski definition) is 15. The zero-order chi connectivity index (χ0) is 43.0. The van der Waals surface area contributed by atoms with Gasteiger partial charge in [-0.05, 0) is 136 Å². The Labute approximate surface area is 347 Å². The molecule has 16 nitrogen and oxygen atoms in total. The van der Waals surface area contributed by atoms with Crippen LogP contribution in [0.15, 0.2) is 0 Å². The molecule has 22 atom stereocenters. The molecular formula is C44H56O16. The van der Waals surface area contributed by atoms with Crippen molar-refractivity contribution in [1.82, 2.24) is 0 Å². The summed E-state index contributed by atoms with van der Waals surface area (Å²) < 4.78 is 22.0. The Kier molecular flexibility index (Phi) is 10.2. The first-order valence-electron chi connectivity index (χ1n) is 22.0. The summed E-state index contributed by atoms with van der Waals surface area (Å²) in [6.45, 7) is 8.69. The monoisotopic (exact) mass is 840 g/mol. The normalized spacial score (nSPS) is 48.3. The van der Waals surface area contributed by atoms with Gasteiger partial charge in [-0.2, -0.15) is 0 Å². The Hall–Kier alpha value is -3.76. The summed E-state index contributed by atoms with van der Waals surface area (Å²) in [5, 5.41) is 29.8. The summed E-state index contributed by atoms with van der Waals surface area (Å²) >= 11 is 0. The Morgan fingerprint density at radius 1 is 0.633 bits per heavy atom. The van der Waals surface area contributed by atoms with Crippen molar-refractivity contribution >= 4 is 47.8 Å². The van der Waals surface area contributed by atoms with E-state index < -0.39 is 142 Å². The van der Waals surface area contributed by atoms with E-state index in [4.69, 9.17) is 23.8 Å². The zero-order valence-corrected chi connectivity index (χ0v) is 34.5. The first-order valence-corrected chi connectivity index (χ1v) is 22.0. The van der Waals surface area contributed by atoms with Gasteiger partial charge in [0.2, 0.25) is 0 Å². The molecule has 60 heavy (non-hydrogen) atoms. The number of aliphatic carboxylic acids is 1. The molecule has 16 heteroatoms. The Bertz CT molecular complexity index is 1880. The molecule has 0 aromatic rings. The van der Waals surface area contributed by atoms with Crippen molar-refractivity contribution in [2.45, 2.75) is 91.3 Å². The second kappa shape index (κ2) is 14.7. The minimum Gasteiger partial charge on any atom is -0.481 e. The van der Waals surface area contributed by atoms with Crippen LogP contribution in [0.25, 0.3) is 0 Å². The summed E-state index contributed by atoms with van der Waals surface area (Å²) in [5.74, 6) is -19.3. The smallest absolute Gasteiger partial charge is 0.317 e. The third kappa shape index (κ3) is 6.14. The average Bonchev–Trinajstić information content (AvgIpc) is 4.04. The number of carboxylic acid groups (broad SMARTS) is 1. The van der Waals surface area contributed by atoms with Crippen LogP contribution >= 0.6 is 0 Å². The molecule has 0 aromatic heterocycles. The van der Waals surface area contributed by atoms with Gasteiger partial charge in [0.05, 0.1) is 53.4 Å². The number of aliphatic hydroxyl groups excluding tert-OH is 1. The van der Waals surface area contributed by atoms with Crippen molar-refractivity contribution in [3.63, 3.8) is 0 Å². The lowest BCUT2D eigenvalue weighted by atomic mass is 9.54. The second-order valence-corrected chi connectivity index (χ2v) is 21.0. The Morgan fingerprint density at radius 3 is 1.57 bits per heavy atom. The predicted molar refractivity (Wildman–Crippen MR) is 198 cm³/mol. The molecule has 9 rings (SSSR count). The fraction of sp³-hybridized carbons (Fsp3) is 0.818. The topological polar surface area (TPSA) is 243 Å². The Balaban J connectivity index is 1.12. The standard InChI is InChI=1S/C44H56O16/c1-14-19-8-16(9-20(19)25(60-55)6-7-45)26(14)32-34(42(53)57-40(32)51)31-22-11-18(13-24(22)38(49)59-44(3,4)5)29(31)33-35(43(54)58-41(33)52)30-21-10-17(12-23(21)36(46)47)28(30)27-15(2)37(48)56-39(27)50/h14-35,45,55H,6-13H2,1-5H3,(H,46,47). The SMILES string of the molecule is CC1C(=O)OC(=O)C1C1C2CC(C(=O)O)C(C2)C1C1C(=O)OC(=O)C1C1C2CC(C(=O)OC(C)(C)C)C(C2)C1C1C(=O)OC(=O)C1C1C2CC(C(CCO)OO)C(C2)C1C. The quantitative estimate of drug-likeness (QED) is 0.0889. The maximum atomic E-state index is 14.4. The van der Waals surface area contributed by atoms with Crippen molar-refractivity contribution in [2.75, 3.05) is 6.61 Å². The minimum absolute atomic E-state index is 0.0125. The van der Waals surface area contributed by atoms with Crippen molar-refractivity contribution in [1.29, 1.82) is 0 Å². The number of carboxylic acids is 1. The van der Waals surface area contributed by atoms with E-state index in [1.54, 1.807) is 27.7 Å². The second-order valence-electron chi connectivity index (χ2n) is 21.0. The van der Waals surface area contributed by atoms with E-state index in [1.165, 1.54) is 0 Å². The lowest BCUT2D eigenvalue weighted by Crippen LogP contribution is -2.51. The molecule has 3 N–H and O–H groups in total. The van der Waals surface area contributed by atoms with E-state index >= 15 is 0 Å². The summed E-state index contributed by atoms with van der Waals surface area (Å²) in [7, 11) is 0. The Morgan fingerprint density at radius 2 is 1.08 bits per heavy atom. The number of carbonyl (C=O) groups excluding carboxylic acids is 7. The highest BCUT2D eigenvalue weighted by atomic mass is 17.1. The zero-order valence-electron chi connectivity index (χ0n) is 34.5. The number of ether oxygens (including phenoxy) is 4. The average molecular weight is 841 g/mol. The highest BCUT2D eigenvalue weighted by molar-refractivity contribution is 5.99. The van der Waals surface area contributed by atoms with Gasteiger partial charge in [-0.3, -0.25) is 43.6 Å². The largest absolute Gasteiger partial charge is 0.481 e. The van der Waals surface area contributed by atoms with Crippen LogP contribution in [0.5, 0.6) is 0 Å². The molecular weight excluding hydrogens is 784 g/mol. The van der Waals surface area contributed by atoms with Gasteiger partial charge in [-0.25, -0.2) is 4.89 Å². The lowest BCUT2D eigenvalue weighted by molar-refractivity contribution is -0.297. The van der Waals surface area contributed by atoms with E-state index in [0.717, 1.165) is 0 Å². The van der Waals surface area contributed by atoms with E-state index in [9.17, 15) is 53.8 Å². The number of hydrogen-bond donors (Lipinski definition) is 3. The molecule has 3 saturated heterocycles. The number of aliphatic hydroxyl groups is 1. The van der Waals surface area contributed by atoms with Crippen LogP contribution in [0.4, 0.5) is 0 Å². The van der Waals surface area contributed by atoms with Crippen LogP contribution in [0.2, 0.25) is 0 Å². The van der Waals surface area contributed by atoms with Crippen LogP contribution in [0, 0.1) is 124 Å². The van der Waals surface area contributed by atoms with Gasteiger partial charge >= 0.3 is 47.8 Å². The van der Waals surface area contributed by atoms with E-state index in [1.807, 2.05) is 6.92 Å². The third-order valence-corrected chi connectivity index (χ3v) is 17.6. The molecule has 9 aliphatic rings. The molecule has 0 aromatic carbocycles. The third-order valence-electron chi connectivity index (χ3n) is 17.6. The van der Waals surface area contributed by atoms with E-state index in [2.05, 4.69) is 0 Å². The van der Waals surface area contributed by atoms with Crippen LogP contribution in [0.1, 0.15) is 79.6 Å². The number of cyclic esters (lactones) is 6. The maximum absolute atomic E-state index is 14.4. The van der Waals surface area contributed by atoms with E-state index in [-0.39, 0.29) is 60.9 Å². The fourth-order valence-corrected chi connectivity index (χ4v) is 16.0. The van der Waals surface area contributed by atoms with Crippen molar-refractivity contribution < 1.29 is 77.7 Å². The first-order chi connectivity index (χ1) is 28.4. The molecule has 0 radical (unpaired) electrons. The predicted octanol–water partition coefficient (Wildman–Crippen LogP) is 3.31. The summed E-state index contributed by atoms with van der Waals surface area (Å²) in [6.07, 6.45) is 2.24. The molecule has 0 amide bonds. The number of rotatable bonds is 11. The molecule has 6 saturated carbocycles. The van der Waals surface area contributed by atoms with Crippen LogP contribution < -0.4 is 0 Å². The highest BCUT2D eigenvalue weighted by Gasteiger charge is 2.73. The van der Waals surface area contributed by atoms with Gasteiger partial charge in [0.1, 0.15) is 5.60 Å². The van der Waals surface area contributed by atoms with Gasteiger partial charge < -0.3 is 29.2 Å². The minimum atomic E-state index is -1.21. The first kappa shape index (κ1) is 41.6. The molecule has 3 heterocycles. The lowest BCUT2D eigenvalue weighted by Gasteiger charge is -2.46. The van der Waals surface area contributed by atoms with Gasteiger partial charge in [-0.1, -0.05) is 13.8 Å². The molecule has 6 bridgehead atoms. The van der Waals surface area contributed by atoms with Crippen LogP contribution in [0.3, 0.4) is 0 Å². The van der Waals surface area contributed by atoms with Gasteiger partial charge in [0.25, 0.3) is 0 Å². The van der Waals surface area contributed by atoms with Crippen LogP contribution in [-0.4, -0.2) is 81.5 Å². The number of carbonyl (C=O) groups is 8.